The molecule has 0 amide bonds. The van der Waals surface area contributed by atoms with E-state index in [4.69, 9.17) is 9.47 Å². The molecule has 35 heavy (non-hydrogen) atoms. The van der Waals surface area contributed by atoms with Crippen molar-refractivity contribution >= 4 is 50.2 Å². The fourth-order valence-corrected chi connectivity index (χ4v) is 4.40. The minimum Gasteiger partial charge on any atom is -0.490 e. The molecular formula is C25H26BrN7O2. The summed E-state index contributed by atoms with van der Waals surface area (Å²) in [5, 5.41) is 7.33. The zero-order valence-electron chi connectivity index (χ0n) is 19.7. The van der Waals surface area contributed by atoms with E-state index in [2.05, 4.69) is 51.4 Å². The van der Waals surface area contributed by atoms with Crippen LogP contribution in [-0.4, -0.2) is 57.9 Å². The van der Waals surface area contributed by atoms with Crippen LogP contribution in [0.1, 0.15) is 12.8 Å². The zero-order valence-corrected chi connectivity index (χ0v) is 21.3. The van der Waals surface area contributed by atoms with E-state index in [0.717, 1.165) is 39.7 Å². The van der Waals surface area contributed by atoms with E-state index in [0.29, 0.717) is 17.7 Å². The molecule has 0 unspecified atom stereocenters. The van der Waals surface area contributed by atoms with Gasteiger partial charge in [-0.25, -0.2) is 15.0 Å². The van der Waals surface area contributed by atoms with Crippen LogP contribution < -0.4 is 15.4 Å². The van der Waals surface area contributed by atoms with Gasteiger partial charge in [-0.3, -0.25) is 4.90 Å². The summed E-state index contributed by atoms with van der Waals surface area (Å²) in [5.74, 6) is 2.33. The van der Waals surface area contributed by atoms with E-state index in [9.17, 15) is 0 Å². The summed E-state index contributed by atoms with van der Waals surface area (Å²) < 4.78 is 12.7. The average molecular weight is 536 g/mol. The molecule has 4 aromatic rings. The number of aromatic nitrogens is 4. The summed E-state index contributed by atoms with van der Waals surface area (Å²) in [7, 11) is 5.80. The highest BCUT2D eigenvalue weighted by Gasteiger charge is 2.48. The van der Waals surface area contributed by atoms with Gasteiger partial charge in [0.2, 0.25) is 11.9 Å². The molecule has 0 spiro atoms. The molecule has 5 rings (SSSR count). The summed E-state index contributed by atoms with van der Waals surface area (Å²) in [5.41, 5.74) is 1.47. The maximum Gasteiger partial charge on any atom is 0.229 e. The van der Waals surface area contributed by atoms with E-state index in [1.165, 1.54) is 0 Å². The summed E-state index contributed by atoms with van der Waals surface area (Å²) in [6.07, 6.45) is 5.27. The van der Waals surface area contributed by atoms with Crippen LogP contribution in [-0.2, 0) is 4.74 Å². The third-order valence-corrected chi connectivity index (χ3v) is 6.63. The van der Waals surface area contributed by atoms with Gasteiger partial charge in [-0.05, 0) is 56.6 Å². The summed E-state index contributed by atoms with van der Waals surface area (Å²) in [6, 6.07) is 15.4. The highest BCUT2D eigenvalue weighted by atomic mass is 79.9. The number of nitrogens with zero attached hydrogens (tertiary/aromatic N) is 5. The molecule has 1 aliphatic rings. The molecule has 2 N–H and O–H groups in total. The molecule has 1 saturated carbocycles. The number of methoxy groups -OCH3 is 1. The van der Waals surface area contributed by atoms with Crippen molar-refractivity contribution in [3.63, 3.8) is 0 Å². The van der Waals surface area contributed by atoms with E-state index < -0.39 is 0 Å². The molecule has 2 aromatic heterocycles. The Kier molecular flexibility index (Phi) is 6.50. The predicted molar refractivity (Wildman–Crippen MR) is 139 cm³/mol. The van der Waals surface area contributed by atoms with Gasteiger partial charge in [0.15, 0.2) is 0 Å². The Hall–Kier alpha value is -3.34. The Morgan fingerprint density at radius 3 is 2.49 bits per heavy atom. The minimum atomic E-state index is -0.225. The Balaban J connectivity index is 1.20. The van der Waals surface area contributed by atoms with Gasteiger partial charge in [-0.1, -0.05) is 22.0 Å². The topological polar surface area (TPSA) is 97.3 Å². The number of rotatable bonds is 8. The first-order valence-electron chi connectivity index (χ1n) is 11.2. The minimum absolute atomic E-state index is 0.140. The number of nitrogens with one attached hydrogen (secondary N) is 2. The third-order valence-electron chi connectivity index (χ3n) is 6.14. The van der Waals surface area contributed by atoms with E-state index >= 15 is 0 Å². The second kappa shape index (κ2) is 9.73. The lowest BCUT2D eigenvalue weighted by Gasteiger charge is -2.50. The summed E-state index contributed by atoms with van der Waals surface area (Å²) in [4.78, 5) is 19.9. The van der Waals surface area contributed by atoms with Gasteiger partial charge in [-0.15, -0.1) is 0 Å². The van der Waals surface area contributed by atoms with Gasteiger partial charge in [0, 0.05) is 47.9 Å². The van der Waals surface area contributed by atoms with Crippen LogP contribution in [0.3, 0.4) is 0 Å². The fraction of sp³-hybridized carbons (Fsp3) is 0.280. The SMILES string of the molecule is COC1(N(C)C)CC(Oc2ccc(Nc3nccc(Nc4ncc5ccc(Br)cc5n4)n3)cc2)C1. The lowest BCUT2D eigenvalue weighted by molar-refractivity contribution is -0.204. The fourth-order valence-electron chi connectivity index (χ4n) is 4.05. The zero-order chi connectivity index (χ0) is 24.4. The standard InChI is InChI=1S/C25H26BrN7O2/c1-33(2)25(34-3)13-20(14-25)35-19-8-6-18(7-9-19)29-23-27-11-10-22(31-23)32-24-28-15-16-4-5-17(26)12-21(16)30-24/h4-12,15,20H,13-14H2,1-3H3,(H2,27,28,29,30,31,32). The molecule has 0 aliphatic heterocycles. The lowest BCUT2D eigenvalue weighted by atomic mass is 9.83. The first kappa shape index (κ1) is 23.4. The number of hydrogen-bond acceptors (Lipinski definition) is 9. The Morgan fingerprint density at radius 1 is 0.971 bits per heavy atom. The molecule has 0 saturated heterocycles. The lowest BCUT2D eigenvalue weighted by Crippen LogP contribution is -2.59. The van der Waals surface area contributed by atoms with Gasteiger partial charge >= 0.3 is 0 Å². The quantitative estimate of drug-likeness (QED) is 0.298. The van der Waals surface area contributed by atoms with Gasteiger partial charge < -0.3 is 20.1 Å². The molecule has 2 aromatic carbocycles. The predicted octanol–water partition coefficient (Wildman–Crippen LogP) is 5.12. The Labute approximate surface area is 212 Å². The van der Waals surface area contributed by atoms with Crippen molar-refractivity contribution < 1.29 is 9.47 Å². The summed E-state index contributed by atoms with van der Waals surface area (Å²) in [6.45, 7) is 0. The average Bonchev–Trinajstić information content (AvgIpc) is 2.82. The number of ether oxygens (including phenoxy) is 2. The Morgan fingerprint density at radius 2 is 1.74 bits per heavy atom. The summed E-state index contributed by atoms with van der Waals surface area (Å²) >= 11 is 3.48. The number of hydrogen-bond donors (Lipinski definition) is 2. The molecule has 9 nitrogen and oxygen atoms in total. The maximum atomic E-state index is 6.09. The molecule has 0 atom stereocenters. The largest absolute Gasteiger partial charge is 0.490 e. The highest BCUT2D eigenvalue weighted by molar-refractivity contribution is 9.10. The number of benzene rings is 2. The molecule has 180 valence electrons. The van der Waals surface area contributed by atoms with Crippen LogP contribution in [0.25, 0.3) is 10.9 Å². The van der Waals surface area contributed by atoms with Gasteiger partial charge in [0.05, 0.1) is 5.52 Å². The second-order valence-electron chi connectivity index (χ2n) is 8.63. The Bertz CT molecular complexity index is 1330. The molecule has 10 heteroatoms. The van der Waals surface area contributed by atoms with Crippen LogP contribution >= 0.6 is 15.9 Å². The normalized spacial score (nSPS) is 19.4. The van der Waals surface area contributed by atoms with Gasteiger partial charge in [-0.2, -0.15) is 4.98 Å². The van der Waals surface area contributed by atoms with Crippen molar-refractivity contribution in [3.05, 3.63) is 65.4 Å². The van der Waals surface area contributed by atoms with Crippen molar-refractivity contribution in [1.82, 2.24) is 24.8 Å². The van der Waals surface area contributed by atoms with Crippen molar-refractivity contribution in [2.45, 2.75) is 24.7 Å². The molecule has 1 aliphatic carbocycles. The van der Waals surface area contributed by atoms with E-state index in [-0.39, 0.29) is 11.8 Å². The monoisotopic (exact) mass is 535 g/mol. The first-order chi connectivity index (χ1) is 16.9. The van der Waals surface area contributed by atoms with Crippen LogP contribution in [0, 0.1) is 0 Å². The van der Waals surface area contributed by atoms with Gasteiger partial charge in [0.25, 0.3) is 0 Å². The van der Waals surface area contributed by atoms with Crippen LogP contribution in [0.5, 0.6) is 5.75 Å². The molecule has 1 fully saturated rings. The highest BCUT2D eigenvalue weighted by Crippen LogP contribution is 2.39. The van der Waals surface area contributed by atoms with Crippen LogP contribution in [0.15, 0.2) is 65.4 Å². The third kappa shape index (κ3) is 5.19. The molecule has 2 heterocycles. The van der Waals surface area contributed by atoms with Crippen molar-refractivity contribution in [3.8, 4) is 5.75 Å². The molecule has 0 bridgehead atoms. The first-order valence-corrected chi connectivity index (χ1v) is 12.0. The van der Waals surface area contributed by atoms with Crippen LogP contribution in [0.4, 0.5) is 23.4 Å². The van der Waals surface area contributed by atoms with Crippen molar-refractivity contribution in [1.29, 1.82) is 0 Å². The molecule has 0 radical (unpaired) electrons. The molecular weight excluding hydrogens is 510 g/mol. The van der Waals surface area contributed by atoms with Crippen molar-refractivity contribution in [2.75, 3.05) is 31.8 Å². The maximum absolute atomic E-state index is 6.09. The smallest absolute Gasteiger partial charge is 0.229 e. The van der Waals surface area contributed by atoms with Crippen molar-refractivity contribution in [2.24, 2.45) is 0 Å². The van der Waals surface area contributed by atoms with Crippen LogP contribution in [0.2, 0.25) is 0 Å². The van der Waals surface area contributed by atoms with E-state index in [1.54, 1.807) is 25.6 Å². The van der Waals surface area contributed by atoms with E-state index in [1.807, 2.05) is 56.6 Å². The number of fused-ring (bicyclic) bond motifs is 1. The second-order valence-corrected chi connectivity index (χ2v) is 9.55. The number of halogens is 1. The number of anilines is 4. The van der Waals surface area contributed by atoms with Gasteiger partial charge in [0.1, 0.15) is 23.4 Å².